The molecule has 0 atom stereocenters. The molecule has 0 radical (unpaired) electrons. The third kappa shape index (κ3) is 4.41. The summed E-state index contributed by atoms with van der Waals surface area (Å²) in [7, 11) is -3.64. The molecule has 0 aliphatic carbocycles. The molecule has 10 heteroatoms. The maximum Gasteiger partial charge on any atom is 0.269 e. The van der Waals surface area contributed by atoms with E-state index in [1.807, 2.05) is 0 Å². The minimum absolute atomic E-state index is 0.0437. The Kier molecular flexibility index (Phi) is 5.52. The van der Waals surface area contributed by atoms with Gasteiger partial charge in [-0.15, -0.1) is 0 Å². The standard InChI is InChI=1S/C18H19N3O6S/c1-11(2)21-28(24,25)14-6-3-12(4-7-14)17(22)19-20-18(23)13-5-8-15-16(9-13)27-10-26-15/h3-9,11,21H,10H2,1-2H3,(H,19,22)(H,20,23). The molecule has 2 amide bonds. The first-order chi connectivity index (χ1) is 13.3. The predicted octanol–water partition coefficient (Wildman–Crippen LogP) is 1.18. The van der Waals surface area contributed by atoms with Crippen molar-refractivity contribution in [3.8, 4) is 11.5 Å². The minimum atomic E-state index is -3.64. The lowest BCUT2D eigenvalue weighted by molar-refractivity contribution is 0.0846. The lowest BCUT2D eigenvalue weighted by Gasteiger charge is -2.10. The highest BCUT2D eigenvalue weighted by Crippen LogP contribution is 2.32. The van der Waals surface area contributed by atoms with Crippen LogP contribution in [0.15, 0.2) is 47.4 Å². The van der Waals surface area contributed by atoms with Crippen LogP contribution in [-0.4, -0.2) is 33.1 Å². The Morgan fingerprint density at radius 3 is 2.11 bits per heavy atom. The number of hydrogen-bond donors (Lipinski definition) is 3. The quantitative estimate of drug-likeness (QED) is 0.642. The predicted molar refractivity (Wildman–Crippen MR) is 99.4 cm³/mol. The topological polar surface area (TPSA) is 123 Å². The molecule has 3 rings (SSSR count). The number of ether oxygens (including phenoxy) is 2. The molecule has 1 heterocycles. The Labute approximate surface area is 162 Å². The summed E-state index contributed by atoms with van der Waals surface area (Å²) < 4.78 is 37.0. The van der Waals surface area contributed by atoms with Crippen LogP contribution in [0.2, 0.25) is 0 Å². The molecule has 0 fully saturated rings. The summed E-state index contributed by atoms with van der Waals surface area (Å²) in [4.78, 5) is 24.4. The summed E-state index contributed by atoms with van der Waals surface area (Å²) in [5.74, 6) is -0.129. The van der Waals surface area contributed by atoms with Gasteiger partial charge in [-0.25, -0.2) is 13.1 Å². The van der Waals surface area contributed by atoms with Crippen LogP contribution < -0.4 is 25.0 Å². The van der Waals surface area contributed by atoms with Gasteiger partial charge in [-0.05, 0) is 56.3 Å². The second kappa shape index (κ2) is 7.87. The SMILES string of the molecule is CC(C)NS(=O)(=O)c1ccc(C(=O)NNC(=O)c2ccc3c(c2)OCO3)cc1. The highest BCUT2D eigenvalue weighted by atomic mass is 32.2. The van der Waals surface area contributed by atoms with E-state index in [0.29, 0.717) is 11.5 Å². The van der Waals surface area contributed by atoms with Crippen LogP contribution in [-0.2, 0) is 10.0 Å². The van der Waals surface area contributed by atoms with Crippen LogP contribution >= 0.6 is 0 Å². The second-order valence-electron chi connectivity index (χ2n) is 6.28. The average Bonchev–Trinajstić information content (AvgIpc) is 3.12. The van der Waals surface area contributed by atoms with Gasteiger partial charge in [0.1, 0.15) is 0 Å². The molecule has 148 valence electrons. The van der Waals surface area contributed by atoms with Crippen molar-refractivity contribution in [3.63, 3.8) is 0 Å². The molecule has 3 N–H and O–H groups in total. The summed E-state index contributed by atoms with van der Waals surface area (Å²) in [6, 6.07) is 9.75. The van der Waals surface area contributed by atoms with Crippen molar-refractivity contribution in [1.82, 2.24) is 15.6 Å². The summed E-state index contributed by atoms with van der Waals surface area (Å²) >= 11 is 0. The van der Waals surface area contributed by atoms with Gasteiger partial charge in [0.15, 0.2) is 11.5 Å². The smallest absolute Gasteiger partial charge is 0.269 e. The van der Waals surface area contributed by atoms with Crippen LogP contribution in [0.5, 0.6) is 11.5 Å². The molecule has 0 aromatic heterocycles. The van der Waals surface area contributed by atoms with E-state index in [0.717, 1.165) is 0 Å². The largest absolute Gasteiger partial charge is 0.454 e. The maximum absolute atomic E-state index is 12.2. The van der Waals surface area contributed by atoms with Crippen LogP contribution in [0.3, 0.4) is 0 Å². The minimum Gasteiger partial charge on any atom is -0.454 e. The fourth-order valence-electron chi connectivity index (χ4n) is 2.46. The molecule has 2 aromatic rings. The van der Waals surface area contributed by atoms with E-state index in [1.165, 1.54) is 36.4 Å². The first-order valence-electron chi connectivity index (χ1n) is 8.39. The van der Waals surface area contributed by atoms with Crippen LogP contribution in [0.4, 0.5) is 0 Å². The normalized spacial score (nSPS) is 12.7. The van der Waals surface area contributed by atoms with Crippen molar-refractivity contribution < 1.29 is 27.5 Å². The van der Waals surface area contributed by atoms with Crippen molar-refractivity contribution in [1.29, 1.82) is 0 Å². The summed E-state index contributed by atoms with van der Waals surface area (Å²) in [5, 5.41) is 0. The van der Waals surface area contributed by atoms with Crippen molar-refractivity contribution in [3.05, 3.63) is 53.6 Å². The lowest BCUT2D eigenvalue weighted by Crippen LogP contribution is -2.41. The molecule has 0 bridgehead atoms. The van der Waals surface area contributed by atoms with Crippen LogP contribution in [0, 0.1) is 0 Å². The number of sulfonamides is 1. The zero-order valence-electron chi connectivity index (χ0n) is 15.2. The molecular formula is C18H19N3O6S. The Morgan fingerprint density at radius 2 is 1.46 bits per heavy atom. The van der Waals surface area contributed by atoms with E-state index in [9.17, 15) is 18.0 Å². The molecule has 28 heavy (non-hydrogen) atoms. The fraction of sp³-hybridized carbons (Fsp3) is 0.222. The van der Waals surface area contributed by atoms with Gasteiger partial charge in [0.2, 0.25) is 16.8 Å². The number of hydrazine groups is 1. The molecule has 0 saturated heterocycles. The second-order valence-corrected chi connectivity index (χ2v) is 7.99. The first kappa shape index (κ1) is 19.6. The molecular weight excluding hydrogens is 386 g/mol. The third-order valence-electron chi connectivity index (χ3n) is 3.74. The van der Waals surface area contributed by atoms with Gasteiger partial charge in [-0.1, -0.05) is 0 Å². The summed E-state index contributed by atoms with van der Waals surface area (Å²) in [6.45, 7) is 3.51. The maximum atomic E-state index is 12.2. The van der Waals surface area contributed by atoms with Crippen molar-refractivity contribution in [2.24, 2.45) is 0 Å². The number of amides is 2. The summed E-state index contributed by atoms with van der Waals surface area (Å²) in [5.41, 5.74) is 5.05. The zero-order chi connectivity index (χ0) is 20.3. The molecule has 1 aliphatic heterocycles. The number of fused-ring (bicyclic) bond motifs is 1. The van der Waals surface area contributed by atoms with Gasteiger partial charge in [0.05, 0.1) is 4.90 Å². The first-order valence-corrected chi connectivity index (χ1v) is 9.87. The van der Waals surface area contributed by atoms with E-state index in [-0.39, 0.29) is 28.9 Å². The van der Waals surface area contributed by atoms with Gasteiger partial charge in [0.25, 0.3) is 11.8 Å². The monoisotopic (exact) mass is 405 g/mol. The fourth-order valence-corrected chi connectivity index (χ4v) is 3.71. The highest BCUT2D eigenvalue weighted by molar-refractivity contribution is 7.89. The average molecular weight is 405 g/mol. The lowest BCUT2D eigenvalue weighted by atomic mass is 10.2. The third-order valence-corrected chi connectivity index (χ3v) is 5.42. The number of nitrogens with one attached hydrogen (secondary N) is 3. The number of carbonyl (C=O) groups excluding carboxylic acids is 2. The van der Waals surface area contributed by atoms with Crippen LogP contribution in [0.25, 0.3) is 0 Å². The number of carbonyl (C=O) groups is 2. The van der Waals surface area contributed by atoms with Gasteiger partial charge >= 0.3 is 0 Å². The van der Waals surface area contributed by atoms with Crippen molar-refractivity contribution >= 4 is 21.8 Å². The molecule has 0 saturated carbocycles. The van der Waals surface area contributed by atoms with Gasteiger partial charge < -0.3 is 9.47 Å². The van der Waals surface area contributed by atoms with E-state index in [4.69, 9.17) is 9.47 Å². The van der Waals surface area contributed by atoms with Gasteiger partial charge in [-0.3, -0.25) is 20.4 Å². The number of hydrogen-bond acceptors (Lipinski definition) is 6. The molecule has 0 spiro atoms. The van der Waals surface area contributed by atoms with Crippen molar-refractivity contribution in [2.75, 3.05) is 6.79 Å². The van der Waals surface area contributed by atoms with Crippen LogP contribution in [0.1, 0.15) is 34.6 Å². The Balaban J connectivity index is 1.61. The zero-order valence-corrected chi connectivity index (χ0v) is 16.0. The Morgan fingerprint density at radius 1 is 0.893 bits per heavy atom. The molecule has 0 unspecified atom stereocenters. The number of rotatable bonds is 5. The van der Waals surface area contributed by atoms with E-state index >= 15 is 0 Å². The molecule has 2 aromatic carbocycles. The van der Waals surface area contributed by atoms with Crippen molar-refractivity contribution in [2.45, 2.75) is 24.8 Å². The van der Waals surface area contributed by atoms with Gasteiger partial charge in [0, 0.05) is 17.2 Å². The number of benzene rings is 2. The molecule has 1 aliphatic rings. The van der Waals surface area contributed by atoms with E-state index in [1.54, 1.807) is 19.9 Å². The Bertz CT molecular complexity index is 1000. The van der Waals surface area contributed by atoms with E-state index < -0.39 is 21.8 Å². The van der Waals surface area contributed by atoms with Gasteiger partial charge in [-0.2, -0.15) is 0 Å². The summed E-state index contributed by atoms with van der Waals surface area (Å²) in [6.07, 6.45) is 0. The highest BCUT2D eigenvalue weighted by Gasteiger charge is 2.18. The molecule has 9 nitrogen and oxygen atoms in total. The van der Waals surface area contributed by atoms with E-state index in [2.05, 4.69) is 15.6 Å². The Hall–Kier alpha value is -3.11.